The number of unbranched alkanes of at least 4 members (excludes halogenated alkanes) is 1. The lowest BCUT2D eigenvalue weighted by molar-refractivity contribution is -0.133. The van der Waals surface area contributed by atoms with Crippen LogP contribution in [0.1, 0.15) is 50.5 Å². The molecule has 3 rings (SSSR count). The van der Waals surface area contributed by atoms with Gasteiger partial charge in [0, 0.05) is 5.92 Å². The Kier molecular flexibility index (Phi) is 9.30. The Balaban J connectivity index is 1.37. The van der Waals surface area contributed by atoms with Crippen LogP contribution in [-0.4, -0.2) is 50.1 Å². The van der Waals surface area contributed by atoms with E-state index in [9.17, 15) is 20.1 Å². The molecule has 0 aliphatic heterocycles. The quantitative estimate of drug-likeness (QED) is 0.282. The number of aryl methyl sites for hydroxylation is 1. The van der Waals surface area contributed by atoms with Gasteiger partial charge in [-0.1, -0.05) is 30.7 Å². The van der Waals surface area contributed by atoms with Crippen LogP contribution in [0, 0.1) is 23.7 Å². The van der Waals surface area contributed by atoms with Gasteiger partial charge >= 0.3 is 5.97 Å². The van der Waals surface area contributed by atoms with E-state index in [-0.39, 0.29) is 23.5 Å². The van der Waals surface area contributed by atoms with E-state index in [2.05, 4.69) is 6.08 Å². The van der Waals surface area contributed by atoms with E-state index < -0.39 is 12.1 Å². The van der Waals surface area contributed by atoms with E-state index in [0.29, 0.717) is 17.8 Å². The SMILES string of the molecule is O=C(O)CSCCC1C[C@H]2C[C@H](O)[C@@H](C=CC(O)CCCCc3ccc(O)cc3)[C@@H]2C1. The lowest BCUT2D eigenvalue weighted by Crippen LogP contribution is -2.18. The fourth-order valence-corrected chi connectivity index (χ4v) is 6.20. The smallest absolute Gasteiger partial charge is 0.313 e. The molecule has 2 unspecified atom stereocenters. The van der Waals surface area contributed by atoms with Crippen molar-refractivity contribution in [1.82, 2.24) is 0 Å². The minimum absolute atomic E-state index is 0.133. The number of carboxylic acid groups (broad SMARTS) is 1. The summed E-state index contributed by atoms with van der Waals surface area (Å²) in [6, 6.07) is 7.28. The fraction of sp³-hybridized carbons (Fsp3) is 0.640. The summed E-state index contributed by atoms with van der Waals surface area (Å²) in [7, 11) is 0. The van der Waals surface area contributed by atoms with Gasteiger partial charge in [-0.3, -0.25) is 4.79 Å². The summed E-state index contributed by atoms with van der Waals surface area (Å²) < 4.78 is 0. The van der Waals surface area contributed by atoms with E-state index in [0.717, 1.165) is 57.1 Å². The van der Waals surface area contributed by atoms with E-state index >= 15 is 0 Å². The van der Waals surface area contributed by atoms with Gasteiger partial charge < -0.3 is 20.4 Å². The molecule has 0 saturated heterocycles. The van der Waals surface area contributed by atoms with Crippen LogP contribution in [0.4, 0.5) is 0 Å². The second-order valence-electron chi connectivity index (χ2n) is 9.24. The molecule has 1 aromatic carbocycles. The number of benzene rings is 1. The molecule has 2 aliphatic rings. The summed E-state index contributed by atoms with van der Waals surface area (Å²) in [6.45, 7) is 0. The molecular formula is C25H36O5S. The van der Waals surface area contributed by atoms with Crippen LogP contribution in [0.25, 0.3) is 0 Å². The third-order valence-electron chi connectivity index (χ3n) is 6.93. The number of aromatic hydroxyl groups is 1. The number of rotatable bonds is 12. The predicted molar refractivity (Wildman–Crippen MR) is 124 cm³/mol. The van der Waals surface area contributed by atoms with Crippen molar-refractivity contribution in [2.45, 2.75) is 63.6 Å². The number of phenols is 1. The van der Waals surface area contributed by atoms with Gasteiger partial charge in [0.2, 0.25) is 0 Å². The number of carbonyl (C=O) groups is 1. The molecule has 2 saturated carbocycles. The maximum absolute atomic E-state index is 10.6. The van der Waals surface area contributed by atoms with E-state index in [1.807, 2.05) is 18.2 Å². The summed E-state index contributed by atoms with van der Waals surface area (Å²) in [6.07, 6.45) is 10.9. The maximum Gasteiger partial charge on any atom is 0.313 e. The summed E-state index contributed by atoms with van der Waals surface area (Å²) in [5, 5.41) is 38.9. The number of carboxylic acids is 1. The predicted octanol–water partition coefficient (Wildman–Crippen LogP) is 4.25. The van der Waals surface area contributed by atoms with Gasteiger partial charge in [-0.25, -0.2) is 0 Å². The molecule has 172 valence electrons. The topological polar surface area (TPSA) is 98.0 Å². The summed E-state index contributed by atoms with van der Waals surface area (Å²) in [5.41, 5.74) is 1.19. The number of hydrogen-bond acceptors (Lipinski definition) is 5. The molecule has 0 heterocycles. The van der Waals surface area contributed by atoms with Crippen molar-refractivity contribution >= 4 is 17.7 Å². The lowest BCUT2D eigenvalue weighted by Gasteiger charge is -2.19. The summed E-state index contributed by atoms with van der Waals surface area (Å²) in [4.78, 5) is 10.6. The van der Waals surface area contributed by atoms with Crippen LogP contribution in [0.3, 0.4) is 0 Å². The number of fused-ring (bicyclic) bond motifs is 1. The zero-order valence-corrected chi connectivity index (χ0v) is 18.9. The minimum atomic E-state index is -0.750. The van der Waals surface area contributed by atoms with Crippen LogP contribution in [0.5, 0.6) is 5.75 Å². The van der Waals surface area contributed by atoms with Crippen LogP contribution in [0.2, 0.25) is 0 Å². The van der Waals surface area contributed by atoms with Crippen molar-refractivity contribution in [3.05, 3.63) is 42.0 Å². The first-order chi connectivity index (χ1) is 14.9. The highest BCUT2D eigenvalue weighted by molar-refractivity contribution is 7.99. The molecule has 6 atom stereocenters. The lowest BCUT2D eigenvalue weighted by atomic mass is 9.89. The maximum atomic E-state index is 10.6. The Morgan fingerprint density at radius 3 is 2.68 bits per heavy atom. The molecule has 31 heavy (non-hydrogen) atoms. The molecule has 2 fully saturated rings. The number of thioether (sulfide) groups is 1. The Labute approximate surface area is 189 Å². The highest BCUT2D eigenvalue weighted by atomic mass is 32.2. The largest absolute Gasteiger partial charge is 0.508 e. The Morgan fingerprint density at radius 1 is 1.16 bits per heavy atom. The molecule has 0 aromatic heterocycles. The van der Waals surface area contributed by atoms with Crippen LogP contribution >= 0.6 is 11.8 Å². The van der Waals surface area contributed by atoms with Gasteiger partial charge in [0.15, 0.2) is 0 Å². The number of phenolic OH excluding ortho intramolecular Hbond substituents is 1. The number of hydrogen-bond donors (Lipinski definition) is 4. The van der Waals surface area contributed by atoms with Crippen molar-refractivity contribution in [2.24, 2.45) is 23.7 Å². The first kappa shape index (κ1) is 24.1. The average molecular weight is 449 g/mol. The fourth-order valence-electron chi connectivity index (χ4n) is 5.39. The molecule has 0 bridgehead atoms. The molecule has 6 heteroatoms. The Bertz CT molecular complexity index is 719. The number of aliphatic hydroxyl groups excluding tert-OH is 2. The van der Waals surface area contributed by atoms with Crippen molar-refractivity contribution in [3.63, 3.8) is 0 Å². The zero-order chi connectivity index (χ0) is 22.2. The molecule has 0 amide bonds. The Hall–Kier alpha value is -1.50. The molecule has 5 nitrogen and oxygen atoms in total. The Morgan fingerprint density at radius 2 is 1.94 bits per heavy atom. The van der Waals surface area contributed by atoms with Gasteiger partial charge in [0.1, 0.15) is 5.75 Å². The minimum Gasteiger partial charge on any atom is -0.508 e. The molecule has 0 spiro atoms. The molecule has 2 aliphatic carbocycles. The van der Waals surface area contributed by atoms with Crippen LogP contribution in [0.15, 0.2) is 36.4 Å². The summed E-state index contributed by atoms with van der Waals surface area (Å²) in [5.74, 6) is 2.41. The molecule has 0 radical (unpaired) electrons. The van der Waals surface area contributed by atoms with Crippen molar-refractivity contribution in [1.29, 1.82) is 0 Å². The van der Waals surface area contributed by atoms with Crippen LogP contribution in [-0.2, 0) is 11.2 Å². The van der Waals surface area contributed by atoms with Crippen LogP contribution < -0.4 is 0 Å². The second-order valence-corrected chi connectivity index (χ2v) is 10.3. The van der Waals surface area contributed by atoms with Gasteiger partial charge in [-0.05, 0) is 86.1 Å². The number of aliphatic hydroxyl groups is 2. The molecule has 4 N–H and O–H groups in total. The van der Waals surface area contributed by atoms with Gasteiger partial charge in [0.25, 0.3) is 0 Å². The molecular weight excluding hydrogens is 412 g/mol. The van der Waals surface area contributed by atoms with Crippen molar-refractivity contribution in [3.8, 4) is 5.75 Å². The first-order valence-corrected chi connectivity index (χ1v) is 12.7. The summed E-state index contributed by atoms with van der Waals surface area (Å²) >= 11 is 1.49. The third kappa shape index (κ3) is 7.55. The van der Waals surface area contributed by atoms with E-state index in [4.69, 9.17) is 5.11 Å². The van der Waals surface area contributed by atoms with Gasteiger partial charge in [-0.2, -0.15) is 11.8 Å². The zero-order valence-electron chi connectivity index (χ0n) is 18.1. The monoisotopic (exact) mass is 448 g/mol. The van der Waals surface area contributed by atoms with E-state index in [1.54, 1.807) is 12.1 Å². The highest BCUT2D eigenvalue weighted by Gasteiger charge is 2.46. The van der Waals surface area contributed by atoms with Gasteiger partial charge in [0.05, 0.1) is 18.0 Å². The van der Waals surface area contributed by atoms with Crippen molar-refractivity contribution in [2.75, 3.05) is 11.5 Å². The third-order valence-corrected chi connectivity index (χ3v) is 7.91. The van der Waals surface area contributed by atoms with Crippen molar-refractivity contribution < 1.29 is 25.2 Å². The average Bonchev–Trinajstić information content (AvgIpc) is 3.24. The van der Waals surface area contributed by atoms with E-state index in [1.165, 1.54) is 17.3 Å². The highest BCUT2D eigenvalue weighted by Crippen LogP contribution is 2.51. The second kappa shape index (κ2) is 11.9. The standard InChI is InChI=1S/C25H36O5S/c26-20(4-2-1-3-17-5-7-21(27)8-6-17)9-10-22-23-14-18(11-12-31-16-25(29)30)13-19(23)15-24(22)28/h5-10,18-20,22-24,26-28H,1-4,11-16H2,(H,29,30)/t18?,19-,20?,22-,23+,24-/m0/s1. The van der Waals surface area contributed by atoms with Gasteiger partial charge in [-0.15, -0.1) is 0 Å². The molecule has 1 aromatic rings. The number of aliphatic carboxylic acids is 1. The first-order valence-electron chi connectivity index (χ1n) is 11.5. The normalized spacial score (nSPS) is 28.8.